The summed E-state index contributed by atoms with van der Waals surface area (Å²) in [4.78, 5) is 25.8. The van der Waals surface area contributed by atoms with Crippen molar-refractivity contribution in [1.82, 2.24) is 14.3 Å². The van der Waals surface area contributed by atoms with Crippen LogP contribution < -0.4 is 21.9 Å². The minimum Gasteiger partial charge on any atom is -0.346 e. The fraction of sp³-hybridized carbons (Fsp3) is 0.750. The van der Waals surface area contributed by atoms with Gasteiger partial charge in [0.25, 0.3) is 5.56 Å². The van der Waals surface area contributed by atoms with E-state index in [0.717, 1.165) is 36.8 Å². The van der Waals surface area contributed by atoms with Gasteiger partial charge >= 0.3 is 5.69 Å². The van der Waals surface area contributed by atoms with E-state index in [1.807, 2.05) is 4.90 Å². The lowest BCUT2D eigenvalue weighted by molar-refractivity contribution is 0.541. The van der Waals surface area contributed by atoms with Gasteiger partial charge in [0.05, 0.1) is 0 Å². The van der Waals surface area contributed by atoms with Crippen LogP contribution in [-0.2, 0) is 14.1 Å². The van der Waals surface area contributed by atoms with Crippen molar-refractivity contribution in [3.63, 3.8) is 0 Å². The Bertz CT molecular complexity index is 562. The topological polar surface area (TPSA) is 86.2 Å². The van der Waals surface area contributed by atoms with E-state index in [9.17, 15) is 9.59 Å². The highest BCUT2D eigenvalue weighted by Gasteiger charge is 2.24. The first-order valence-electron chi connectivity index (χ1n) is 6.67. The monoisotopic (exact) mass is 267 g/mol. The summed E-state index contributed by atoms with van der Waals surface area (Å²) >= 11 is 0. The van der Waals surface area contributed by atoms with Crippen LogP contribution in [0.2, 0.25) is 0 Å². The third-order valence-electron chi connectivity index (χ3n) is 3.73. The summed E-state index contributed by atoms with van der Waals surface area (Å²) in [7, 11) is 3.03. The zero-order valence-corrected chi connectivity index (χ0v) is 11.5. The molecule has 0 aliphatic carbocycles. The summed E-state index contributed by atoms with van der Waals surface area (Å²) in [5.74, 6) is 0.335. The average Bonchev–Trinajstić information content (AvgIpc) is 2.65. The largest absolute Gasteiger partial charge is 0.346 e. The Morgan fingerprint density at radius 2 is 2.00 bits per heavy atom. The van der Waals surface area contributed by atoms with E-state index in [4.69, 9.17) is 5.73 Å². The first-order chi connectivity index (χ1) is 9.06. The number of nitrogens with two attached hydrogens (primary N) is 1. The summed E-state index contributed by atoms with van der Waals surface area (Å²) in [6.07, 6.45) is 4.23. The minimum absolute atomic E-state index is 0.125. The van der Waals surface area contributed by atoms with Gasteiger partial charge in [-0.25, -0.2) is 9.48 Å². The molecule has 0 spiro atoms. The SMILES string of the molecule is Cn1nc(N2CCCCCC2CN)c(=O)n(C)c1=O. The molecule has 1 unspecified atom stereocenters. The first kappa shape index (κ1) is 13.8. The quantitative estimate of drug-likeness (QED) is 0.757. The fourth-order valence-corrected chi connectivity index (χ4v) is 2.56. The van der Waals surface area contributed by atoms with Gasteiger partial charge in [-0.1, -0.05) is 12.8 Å². The molecule has 0 bridgehead atoms. The second kappa shape index (κ2) is 5.56. The van der Waals surface area contributed by atoms with Gasteiger partial charge in [-0.05, 0) is 12.8 Å². The van der Waals surface area contributed by atoms with Gasteiger partial charge in [-0.15, -0.1) is 5.10 Å². The number of hydrogen-bond acceptors (Lipinski definition) is 5. The molecule has 2 N–H and O–H groups in total. The van der Waals surface area contributed by atoms with Crippen LogP contribution in [0.5, 0.6) is 0 Å². The van der Waals surface area contributed by atoms with Crippen molar-refractivity contribution < 1.29 is 0 Å². The molecule has 2 heterocycles. The number of aromatic nitrogens is 3. The zero-order valence-electron chi connectivity index (χ0n) is 11.5. The molecule has 1 fully saturated rings. The number of rotatable bonds is 2. The first-order valence-corrected chi connectivity index (χ1v) is 6.67. The standard InChI is InChI=1S/C12H21N5O2/c1-15-11(18)10(14-16(2)12(15)19)17-7-5-3-4-6-9(17)8-13/h9H,3-8,13H2,1-2H3. The molecule has 7 nitrogen and oxygen atoms in total. The highest BCUT2D eigenvalue weighted by molar-refractivity contribution is 5.36. The van der Waals surface area contributed by atoms with Gasteiger partial charge in [0.2, 0.25) is 5.82 Å². The van der Waals surface area contributed by atoms with Crippen molar-refractivity contribution in [3.05, 3.63) is 20.8 Å². The molecule has 106 valence electrons. The highest BCUT2D eigenvalue weighted by Crippen LogP contribution is 2.19. The van der Waals surface area contributed by atoms with Crippen LogP contribution in [0, 0.1) is 0 Å². The predicted octanol–water partition coefficient (Wildman–Crippen LogP) is -0.813. The van der Waals surface area contributed by atoms with E-state index in [1.165, 1.54) is 11.7 Å². The maximum absolute atomic E-state index is 12.2. The molecule has 0 amide bonds. The van der Waals surface area contributed by atoms with Gasteiger partial charge in [-0.2, -0.15) is 0 Å². The Hall–Kier alpha value is -1.63. The van der Waals surface area contributed by atoms with Gasteiger partial charge in [0.1, 0.15) is 0 Å². The van der Waals surface area contributed by atoms with E-state index < -0.39 is 5.69 Å². The Kier molecular flexibility index (Phi) is 4.04. The Morgan fingerprint density at radius 3 is 2.68 bits per heavy atom. The van der Waals surface area contributed by atoms with Crippen LogP contribution in [-0.4, -0.2) is 33.5 Å². The maximum Gasteiger partial charge on any atom is 0.346 e. The normalized spacial score (nSPS) is 20.4. The molecule has 1 aliphatic heterocycles. The van der Waals surface area contributed by atoms with E-state index >= 15 is 0 Å². The molecule has 1 aromatic rings. The van der Waals surface area contributed by atoms with Crippen molar-refractivity contribution in [3.8, 4) is 0 Å². The van der Waals surface area contributed by atoms with Crippen molar-refractivity contribution in [1.29, 1.82) is 0 Å². The van der Waals surface area contributed by atoms with Crippen molar-refractivity contribution in [2.45, 2.75) is 31.7 Å². The number of hydrogen-bond donors (Lipinski definition) is 1. The molecule has 0 radical (unpaired) electrons. The minimum atomic E-state index is -0.409. The van der Waals surface area contributed by atoms with Crippen LogP contribution in [0.15, 0.2) is 9.59 Å². The lowest BCUT2D eigenvalue weighted by Gasteiger charge is -2.29. The van der Waals surface area contributed by atoms with Gasteiger partial charge < -0.3 is 10.6 Å². The van der Waals surface area contributed by atoms with Gasteiger partial charge in [-0.3, -0.25) is 9.36 Å². The van der Waals surface area contributed by atoms with E-state index in [-0.39, 0.29) is 11.6 Å². The summed E-state index contributed by atoms with van der Waals surface area (Å²) in [6, 6.07) is 0.125. The molecule has 0 aromatic carbocycles. The molecule has 1 saturated heterocycles. The lowest BCUT2D eigenvalue weighted by atomic mass is 10.1. The number of aryl methyl sites for hydroxylation is 1. The summed E-state index contributed by atoms with van der Waals surface area (Å²) < 4.78 is 2.30. The molecule has 0 saturated carbocycles. The molecule has 2 rings (SSSR count). The molecule has 1 aliphatic rings. The zero-order chi connectivity index (χ0) is 14.0. The molecule has 1 atom stereocenters. The Labute approximate surface area is 111 Å². The molecular formula is C12H21N5O2. The second-order valence-electron chi connectivity index (χ2n) is 5.03. The van der Waals surface area contributed by atoms with Crippen molar-refractivity contribution in [2.75, 3.05) is 18.0 Å². The predicted molar refractivity (Wildman–Crippen MR) is 73.4 cm³/mol. The third kappa shape index (κ3) is 2.56. The Morgan fingerprint density at radius 1 is 1.26 bits per heavy atom. The smallest absolute Gasteiger partial charge is 0.346 e. The Balaban J connectivity index is 2.50. The molecule has 19 heavy (non-hydrogen) atoms. The maximum atomic E-state index is 12.2. The van der Waals surface area contributed by atoms with Crippen LogP contribution in [0.4, 0.5) is 5.82 Å². The van der Waals surface area contributed by atoms with E-state index in [2.05, 4.69) is 5.10 Å². The van der Waals surface area contributed by atoms with E-state index in [1.54, 1.807) is 7.05 Å². The lowest BCUT2D eigenvalue weighted by Crippen LogP contribution is -2.48. The van der Waals surface area contributed by atoms with Gasteiger partial charge in [0, 0.05) is 33.2 Å². The van der Waals surface area contributed by atoms with Crippen molar-refractivity contribution >= 4 is 5.82 Å². The summed E-state index contributed by atoms with van der Waals surface area (Å²) in [6.45, 7) is 1.26. The number of anilines is 1. The van der Waals surface area contributed by atoms with E-state index in [0.29, 0.717) is 12.4 Å². The second-order valence-corrected chi connectivity index (χ2v) is 5.03. The van der Waals surface area contributed by atoms with Crippen LogP contribution in [0.3, 0.4) is 0 Å². The third-order valence-corrected chi connectivity index (χ3v) is 3.73. The number of nitrogens with zero attached hydrogens (tertiary/aromatic N) is 4. The highest BCUT2D eigenvalue weighted by atomic mass is 16.2. The average molecular weight is 267 g/mol. The van der Waals surface area contributed by atoms with Crippen molar-refractivity contribution in [2.24, 2.45) is 19.8 Å². The molecule has 1 aromatic heterocycles. The van der Waals surface area contributed by atoms with Crippen LogP contribution >= 0.6 is 0 Å². The summed E-state index contributed by atoms with van der Waals surface area (Å²) in [5.41, 5.74) is 5.06. The summed E-state index contributed by atoms with van der Waals surface area (Å²) in [5, 5.41) is 4.14. The van der Waals surface area contributed by atoms with Crippen LogP contribution in [0.1, 0.15) is 25.7 Å². The fourth-order valence-electron chi connectivity index (χ4n) is 2.56. The molecule has 7 heteroatoms. The molecular weight excluding hydrogens is 246 g/mol. The van der Waals surface area contributed by atoms with Crippen LogP contribution in [0.25, 0.3) is 0 Å². The van der Waals surface area contributed by atoms with Gasteiger partial charge in [0.15, 0.2) is 0 Å².